The standard InChI is InChI=1S/C51H91N3O5/c1-6-8-10-12-14-16-18-20-22-24-26-28-30-32-45-59-50(56)40-39-49(55)54(44-33-43-53(3)4)48(51(57)52-42-41-46-35-37-47(58-5)38-36-46)34-31-29-27-25-23-21-19-17-15-13-11-9-7-2/h13,15,35-38,48H,6-12,14,16-34,39-45H2,1-5H3,(H,52,57)/b15-13-. The zero-order valence-electron chi connectivity index (χ0n) is 39.0. The van der Waals surface area contributed by atoms with E-state index in [2.05, 4.69) is 36.2 Å². The fourth-order valence-electron chi connectivity index (χ4n) is 7.63. The van der Waals surface area contributed by atoms with Gasteiger partial charge in [0, 0.05) is 19.5 Å². The number of methoxy groups -OCH3 is 1. The van der Waals surface area contributed by atoms with Gasteiger partial charge in [-0.1, -0.05) is 173 Å². The molecular weight excluding hydrogens is 735 g/mol. The lowest BCUT2D eigenvalue weighted by molar-refractivity contribution is -0.147. The molecule has 0 spiro atoms. The fraction of sp³-hybridized carbons (Fsp3) is 0.784. The molecule has 0 fully saturated rings. The van der Waals surface area contributed by atoms with Crippen molar-refractivity contribution in [2.45, 2.75) is 213 Å². The zero-order valence-corrected chi connectivity index (χ0v) is 39.0. The smallest absolute Gasteiger partial charge is 0.306 e. The maximum absolute atomic E-state index is 13.9. The van der Waals surface area contributed by atoms with Crippen LogP contribution in [0.4, 0.5) is 0 Å². The lowest BCUT2D eigenvalue weighted by Crippen LogP contribution is -2.50. The molecule has 8 heteroatoms. The minimum absolute atomic E-state index is 0.0436. The van der Waals surface area contributed by atoms with Crippen molar-refractivity contribution in [2.24, 2.45) is 0 Å². The van der Waals surface area contributed by atoms with Crippen LogP contribution in [0.1, 0.15) is 206 Å². The molecule has 1 aromatic rings. The van der Waals surface area contributed by atoms with Gasteiger partial charge in [0.15, 0.2) is 0 Å². The van der Waals surface area contributed by atoms with Crippen LogP contribution in [0.3, 0.4) is 0 Å². The number of ether oxygens (including phenoxy) is 2. The second kappa shape index (κ2) is 39.3. The third-order valence-electron chi connectivity index (χ3n) is 11.4. The molecule has 0 aromatic heterocycles. The molecule has 1 atom stereocenters. The summed E-state index contributed by atoms with van der Waals surface area (Å²) < 4.78 is 10.8. The van der Waals surface area contributed by atoms with Crippen LogP contribution in [0.2, 0.25) is 0 Å². The van der Waals surface area contributed by atoms with E-state index in [1.807, 2.05) is 38.4 Å². The Labute approximate surface area is 363 Å². The summed E-state index contributed by atoms with van der Waals surface area (Å²) in [5, 5.41) is 3.16. The van der Waals surface area contributed by atoms with E-state index in [1.54, 1.807) is 12.0 Å². The van der Waals surface area contributed by atoms with Gasteiger partial charge in [0.05, 0.1) is 20.1 Å². The lowest BCUT2D eigenvalue weighted by atomic mass is 10.0. The number of esters is 1. The van der Waals surface area contributed by atoms with Gasteiger partial charge in [0.25, 0.3) is 0 Å². The average molecular weight is 826 g/mol. The Balaban J connectivity index is 2.62. The van der Waals surface area contributed by atoms with E-state index in [4.69, 9.17) is 9.47 Å². The molecule has 59 heavy (non-hydrogen) atoms. The lowest BCUT2D eigenvalue weighted by Gasteiger charge is -2.32. The van der Waals surface area contributed by atoms with Gasteiger partial charge in [-0.3, -0.25) is 14.4 Å². The van der Waals surface area contributed by atoms with Crippen LogP contribution in [0.25, 0.3) is 0 Å². The molecule has 0 heterocycles. The van der Waals surface area contributed by atoms with Crippen LogP contribution < -0.4 is 10.1 Å². The van der Waals surface area contributed by atoms with Crippen molar-refractivity contribution >= 4 is 17.8 Å². The molecular formula is C51H91N3O5. The summed E-state index contributed by atoms with van der Waals surface area (Å²) in [6.45, 7) is 6.69. The minimum Gasteiger partial charge on any atom is -0.497 e. The Morgan fingerprint density at radius 1 is 0.627 bits per heavy atom. The van der Waals surface area contributed by atoms with Crippen molar-refractivity contribution in [1.82, 2.24) is 15.1 Å². The third-order valence-corrected chi connectivity index (χ3v) is 11.4. The second-order valence-corrected chi connectivity index (χ2v) is 17.1. The van der Waals surface area contributed by atoms with Crippen molar-refractivity contribution in [3.05, 3.63) is 42.0 Å². The molecule has 8 nitrogen and oxygen atoms in total. The highest BCUT2D eigenvalue weighted by Crippen LogP contribution is 2.18. The summed E-state index contributed by atoms with van der Waals surface area (Å²) in [4.78, 5) is 44.4. The van der Waals surface area contributed by atoms with E-state index >= 15 is 0 Å². The third kappa shape index (κ3) is 31.6. The van der Waals surface area contributed by atoms with Crippen LogP contribution in [-0.4, -0.2) is 81.1 Å². The number of nitrogens with one attached hydrogen (secondary N) is 1. The van der Waals surface area contributed by atoms with Crippen molar-refractivity contribution in [2.75, 3.05) is 47.4 Å². The number of hydrogen-bond acceptors (Lipinski definition) is 6. The van der Waals surface area contributed by atoms with Crippen LogP contribution in [0, 0.1) is 0 Å². The normalized spacial score (nSPS) is 12.0. The number of nitrogens with zero attached hydrogens (tertiary/aromatic N) is 2. The number of carbonyl (C=O) groups excluding carboxylic acids is 3. The molecule has 0 aliphatic heterocycles. The molecule has 0 aliphatic carbocycles. The summed E-state index contributed by atoms with van der Waals surface area (Å²) in [5.74, 6) is 0.230. The molecule has 0 aliphatic rings. The van der Waals surface area contributed by atoms with Gasteiger partial charge in [-0.2, -0.15) is 0 Å². The van der Waals surface area contributed by atoms with Gasteiger partial charge in [-0.05, 0) is 83.3 Å². The molecule has 2 amide bonds. The predicted octanol–water partition coefficient (Wildman–Crippen LogP) is 12.6. The van der Waals surface area contributed by atoms with Gasteiger partial charge in [0.1, 0.15) is 11.8 Å². The number of amides is 2. The predicted molar refractivity (Wildman–Crippen MR) is 249 cm³/mol. The number of allylic oxidation sites excluding steroid dienone is 2. The Morgan fingerprint density at radius 3 is 1.71 bits per heavy atom. The number of benzene rings is 1. The molecule has 0 saturated carbocycles. The molecule has 0 bridgehead atoms. The zero-order chi connectivity index (χ0) is 43.0. The van der Waals surface area contributed by atoms with E-state index in [1.165, 1.54) is 128 Å². The van der Waals surface area contributed by atoms with Crippen LogP contribution >= 0.6 is 0 Å². The molecule has 1 unspecified atom stereocenters. The first-order valence-corrected chi connectivity index (χ1v) is 24.5. The number of rotatable bonds is 41. The molecule has 0 saturated heterocycles. The summed E-state index contributed by atoms with van der Waals surface area (Å²) in [6, 6.07) is 7.33. The van der Waals surface area contributed by atoms with Gasteiger partial charge >= 0.3 is 5.97 Å². The number of hydrogen-bond donors (Lipinski definition) is 1. The monoisotopic (exact) mass is 826 g/mol. The van der Waals surface area contributed by atoms with Gasteiger partial charge in [-0.15, -0.1) is 0 Å². The SMILES string of the molecule is CCCC/C=C\CCCCCCCCCC(C(=O)NCCc1ccc(OC)cc1)N(CCCN(C)C)C(=O)CCC(=O)OCCCCCCCCCCCCCCCC. The maximum atomic E-state index is 13.9. The van der Waals surface area contributed by atoms with E-state index in [9.17, 15) is 14.4 Å². The number of unbranched alkanes of at least 4 members (excludes halogenated alkanes) is 22. The summed E-state index contributed by atoms with van der Waals surface area (Å²) >= 11 is 0. The van der Waals surface area contributed by atoms with E-state index < -0.39 is 6.04 Å². The van der Waals surface area contributed by atoms with Gasteiger partial charge in [0.2, 0.25) is 11.8 Å². The first kappa shape index (κ1) is 54.1. The van der Waals surface area contributed by atoms with E-state index in [0.29, 0.717) is 32.5 Å². The molecule has 1 rings (SSSR count). The Bertz CT molecular complexity index is 1170. The summed E-state index contributed by atoms with van der Waals surface area (Å²) in [7, 11) is 5.70. The highest BCUT2D eigenvalue weighted by atomic mass is 16.5. The van der Waals surface area contributed by atoms with Crippen molar-refractivity contribution < 1.29 is 23.9 Å². The molecule has 340 valence electrons. The first-order chi connectivity index (χ1) is 28.8. The quantitative estimate of drug-likeness (QED) is 0.0402. The highest BCUT2D eigenvalue weighted by molar-refractivity contribution is 5.88. The van der Waals surface area contributed by atoms with Gasteiger partial charge < -0.3 is 24.6 Å². The van der Waals surface area contributed by atoms with E-state index in [0.717, 1.165) is 56.4 Å². The largest absolute Gasteiger partial charge is 0.497 e. The van der Waals surface area contributed by atoms with Crippen molar-refractivity contribution in [1.29, 1.82) is 0 Å². The van der Waals surface area contributed by atoms with Crippen molar-refractivity contribution in [3.63, 3.8) is 0 Å². The van der Waals surface area contributed by atoms with Crippen LogP contribution in [0.15, 0.2) is 36.4 Å². The van der Waals surface area contributed by atoms with Crippen LogP contribution in [0.5, 0.6) is 5.75 Å². The van der Waals surface area contributed by atoms with Crippen LogP contribution in [-0.2, 0) is 25.5 Å². The van der Waals surface area contributed by atoms with E-state index in [-0.39, 0.29) is 30.6 Å². The summed E-state index contributed by atoms with van der Waals surface area (Å²) in [5.41, 5.74) is 1.11. The Morgan fingerprint density at radius 2 is 1.15 bits per heavy atom. The molecule has 0 radical (unpaired) electrons. The molecule has 1 aromatic carbocycles. The molecule has 1 N–H and O–H groups in total. The van der Waals surface area contributed by atoms with Crippen molar-refractivity contribution in [3.8, 4) is 5.75 Å². The fourth-order valence-corrected chi connectivity index (χ4v) is 7.63. The first-order valence-electron chi connectivity index (χ1n) is 24.5. The maximum Gasteiger partial charge on any atom is 0.306 e. The summed E-state index contributed by atoms with van der Waals surface area (Å²) in [6.07, 6.45) is 37.7. The Hall–Kier alpha value is -2.87. The van der Waals surface area contributed by atoms with Gasteiger partial charge in [-0.25, -0.2) is 0 Å². The second-order valence-electron chi connectivity index (χ2n) is 17.1. The Kier molecular flexibility index (Phi) is 36.0. The number of carbonyl (C=O) groups is 3. The highest BCUT2D eigenvalue weighted by Gasteiger charge is 2.29. The minimum atomic E-state index is -0.563. The topological polar surface area (TPSA) is 88.2 Å². The average Bonchev–Trinajstić information content (AvgIpc) is 3.23.